The minimum Gasteiger partial charge on any atom is -0.352 e. The van der Waals surface area contributed by atoms with Crippen LogP contribution in [0.2, 0.25) is 5.02 Å². The number of hydrogen-bond donors (Lipinski definition) is 1. The maximum atomic E-state index is 12.1. The molecule has 1 amide bonds. The van der Waals surface area contributed by atoms with E-state index >= 15 is 0 Å². The Kier molecular flexibility index (Phi) is 7.81. The lowest BCUT2D eigenvalue weighted by Gasteiger charge is -2.16. The van der Waals surface area contributed by atoms with Crippen molar-refractivity contribution < 1.29 is 4.79 Å². The Labute approximate surface area is 133 Å². The Morgan fingerprint density at radius 2 is 2.16 bits per heavy atom. The Balaban J connectivity index is 2.61. The van der Waals surface area contributed by atoms with E-state index in [1.54, 1.807) is 12.1 Å². The minimum atomic E-state index is -0.137. The summed E-state index contributed by atoms with van der Waals surface area (Å²) in [6.07, 6.45) is 3.08. The molecular formula is C14H18BrCl2NO. The Bertz CT molecular complexity index is 420. The molecule has 1 atom stereocenters. The highest BCUT2D eigenvalue weighted by atomic mass is 79.9. The summed E-state index contributed by atoms with van der Waals surface area (Å²) in [7, 11) is 0. The molecule has 1 unspecified atom stereocenters. The van der Waals surface area contributed by atoms with Crippen molar-refractivity contribution in [3.8, 4) is 0 Å². The lowest BCUT2D eigenvalue weighted by Crippen LogP contribution is -2.29. The first-order valence-corrected chi connectivity index (χ1v) is 8.08. The van der Waals surface area contributed by atoms with Gasteiger partial charge in [0.2, 0.25) is 0 Å². The third-order valence-corrected chi connectivity index (χ3v) is 3.98. The van der Waals surface area contributed by atoms with Gasteiger partial charge in [-0.3, -0.25) is 4.79 Å². The molecule has 0 fully saturated rings. The molecule has 0 spiro atoms. The Hall–Kier alpha value is -0.250. The van der Waals surface area contributed by atoms with Crippen molar-refractivity contribution in [3.05, 3.63) is 33.3 Å². The number of carbonyl (C=O) groups is 1. The maximum absolute atomic E-state index is 12.1. The van der Waals surface area contributed by atoms with Crippen LogP contribution in [0, 0.1) is 5.92 Å². The van der Waals surface area contributed by atoms with Gasteiger partial charge >= 0.3 is 0 Å². The molecular weight excluding hydrogens is 349 g/mol. The lowest BCUT2D eigenvalue weighted by atomic mass is 10.0. The van der Waals surface area contributed by atoms with Crippen molar-refractivity contribution in [2.24, 2.45) is 5.92 Å². The molecule has 5 heteroatoms. The number of alkyl halides is 1. The zero-order chi connectivity index (χ0) is 14.3. The van der Waals surface area contributed by atoms with Gasteiger partial charge in [-0.15, -0.1) is 11.6 Å². The van der Waals surface area contributed by atoms with E-state index in [1.807, 2.05) is 6.07 Å². The summed E-state index contributed by atoms with van der Waals surface area (Å²) in [5.74, 6) is 0.914. The predicted molar refractivity (Wildman–Crippen MR) is 85.2 cm³/mol. The summed E-state index contributed by atoms with van der Waals surface area (Å²) in [4.78, 5) is 12.1. The molecule has 106 valence electrons. The zero-order valence-electron chi connectivity index (χ0n) is 10.9. The van der Waals surface area contributed by atoms with Crippen molar-refractivity contribution in [2.75, 3.05) is 12.4 Å². The van der Waals surface area contributed by atoms with Crippen molar-refractivity contribution in [1.82, 2.24) is 5.32 Å². The summed E-state index contributed by atoms with van der Waals surface area (Å²) >= 11 is 15.1. The van der Waals surface area contributed by atoms with Crippen molar-refractivity contribution in [2.45, 2.75) is 26.2 Å². The van der Waals surface area contributed by atoms with Gasteiger partial charge in [-0.1, -0.05) is 40.9 Å². The molecule has 1 rings (SSSR count). The highest BCUT2D eigenvalue weighted by Crippen LogP contribution is 2.21. The molecule has 0 bridgehead atoms. The zero-order valence-corrected chi connectivity index (χ0v) is 14.0. The molecule has 0 aliphatic carbocycles. The molecule has 2 nitrogen and oxygen atoms in total. The van der Waals surface area contributed by atoms with Gasteiger partial charge in [-0.05, 0) is 37.0 Å². The lowest BCUT2D eigenvalue weighted by molar-refractivity contribution is 0.0946. The van der Waals surface area contributed by atoms with Gasteiger partial charge in [-0.2, -0.15) is 0 Å². The van der Waals surface area contributed by atoms with Gasteiger partial charge in [-0.25, -0.2) is 0 Å². The SMILES string of the molecule is CCCC(CCCl)CNC(=O)c1cc(Br)ccc1Cl. The van der Waals surface area contributed by atoms with E-state index in [9.17, 15) is 4.79 Å². The van der Waals surface area contributed by atoms with E-state index in [0.29, 0.717) is 28.9 Å². The third-order valence-electron chi connectivity index (χ3n) is 2.94. The van der Waals surface area contributed by atoms with Crippen LogP contribution in [-0.2, 0) is 0 Å². The molecule has 1 N–H and O–H groups in total. The first-order valence-electron chi connectivity index (χ1n) is 6.37. The molecule has 0 aromatic heterocycles. The second-order valence-electron chi connectivity index (χ2n) is 4.47. The molecule has 0 heterocycles. The number of hydrogen-bond acceptors (Lipinski definition) is 1. The summed E-state index contributed by atoms with van der Waals surface area (Å²) in [5.41, 5.74) is 0.497. The van der Waals surface area contributed by atoms with E-state index in [0.717, 1.165) is 23.7 Å². The average Bonchev–Trinajstić information content (AvgIpc) is 2.39. The molecule has 1 aromatic rings. The molecule has 1 aromatic carbocycles. The molecule has 0 saturated carbocycles. The monoisotopic (exact) mass is 365 g/mol. The van der Waals surface area contributed by atoms with E-state index in [2.05, 4.69) is 28.2 Å². The highest BCUT2D eigenvalue weighted by Gasteiger charge is 2.13. The number of amides is 1. The largest absolute Gasteiger partial charge is 0.352 e. The van der Waals surface area contributed by atoms with Crippen LogP contribution < -0.4 is 5.32 Å². The van der Waals surface area contributed by atoms with Crippen LogP contribution in [0.3, 0.4) is 0 Å². The van der Waals surface area contributed by atoms with Crippen LogP contribution in [0.5, 0.6) is 0 Å². The van der Waals surface area contributed by atoms with E-state index in [-0.39, 0.29) is 5.91 Å². The quantitative estimate of drug-likeness (QED) is 0.684. The smallest absolute Gasteiger partial charge is 0.252 e. The Morgan fingerprint density at radius 1 is 1.42 bits per heavy atom. The van der Waals surface area contributed by atoms with E-state index in [4.69, 9.17) is 23.2 Å². The van der Waals surface area contributed by atoms with E-state index in [1.165, 1.54) is 0 Å². The molecule has 0 saturated heterocycles. The fourth-order valence-corrected chi connectivity index (χ4v) is 2.79. The number of carbonyl (C=O) groups excluding carboxylic acids is 1. The maximum Gasteiger partial charge on any atom is 0.252 e. The first kappa shape index (κ1) is 16.8. The fraction of sp³-hybridized carbons (Fsp3) is 0.500. The topological polar surface area (TPSA) is 29.1 Å². The third kappa shape index (κ3) is 5.72. The average molecular weight is 367 g/mol. The fourth-order valence-electron chi connectivity index (χ4n) is 1.91. The van der Waals surface area contributed by atoms with Gasteiger partial charge in [0, 0.05) is 16.9 Å². The van der Waals surface area contributed by atoms with Crippen LogP contribution >= 0.6 is 39.1 Å². The number of benzene rings is 1. The van der Waals surface area contributed by atoms with Crippen molar-refractivity contribution in [1.29, 1.82) is 0 Å². The second-order valence-corrected chi connectivity index (χ2v) is 6.17. The van der Waals surface area contributed by atoms with Crippen LogP contribution in [-0.4, -0.2) is 18.3 Å². The van der Waals surface area contributed by atoms with Crippen molar-refractivity contribution >= 4 is 45.0 Å². The van der Waals surface area contributed by atoms with Gasteiger partial charge in [0.15, 0.2) is 0 Å². The van der Waals surface area contributed by atoms with Crippen LogP contribution in [0.15, 0.2) is 22.7 Å². The number of nitrogens with one attached hydrogen (secondary N) is 1. The molecule has 0 radical (unpaired) electrons. The highest BCUT2D eigenvalue weighted by molar-refractivity contribution is 9.10. The predicted octanol–water partition coefficient (Wildman–Crippen LogP) is 4.88. The Morgan fingerprint density at radius 3 is 2.79 bits per heavy atom. The van der Waals surface area contributed by atoms with E-state index < -0.39 is 0 Å². The van der Waals surface area contributed by atoms with Gasteiger partial charge in [0.05, 0.1) is 10.6 Å². The molecule has 0 aliphatic rings. The van der Waals surface area contributed by atoms with Crippen LogP contribution in [0.25, 0.3) is 0 Å². The van der Waals surface area contributed by atoms with Crippen LogP contribution in [0.1, 0.15) is 36.5 Å². The summed E-state index contributed by atoms with van der Waals surface area (Å²) in [5, 5.41) is 3.40. The van der Waals surface area contributed by atoms with Gasteiger partial charge in [0.1, 0.15) is 0 Å². The minimum absolute atomic E-state index is 0.137. The van der Waals surface area contributed by atoms with Gasteiger partial charge < -0.3 is 5.32 Å². The van der Waals surface area contributed by atoms with Crippen LogP contribution in [0.4, 0.5) is 0 Å². The number of rotatable bonds is 7. The molecule has 19 heavy (non-hydrogen) atoms. The van der Waals surface area contributed by atoms with Gasteiger partial charge in [0.25, 0.3) is 5.91 Å². The summed E-state index contributed by atoms with van der Waals surface area (Å²) < 4.78 is 0.841. The summed E-state index contributed by atoms with van der Waals surface area (Å²) in [6, 6.07) is 5.25. The number of halogens is 3. The van der Waals surface area contributed by atoms with Crippen molar-refractivity contribution in [3.63, 3.8) is 0 Å². The standard InChI is InChI=1S/C14H18BrCl2NO/c1-2-3-10(6-7-16)9-18-14(19)12-8-11(15)4-5-13(12)17/h4-5,8,10H,2-3,6-7,9H2,1H3,(H,18,19). The second kappa shape index (κ2) is 8.83. The normalized spacial score (nSPS) is 12.2. The first-order chi connectivity index (χ1) is 9.08. The molecule has 0 aliphatic heterocycles. The summed E-state index contributed by atoms with van der Waals surface area (Å²) in [6.45, 7) is 2.77.